The number of alkyl halides is 1. The fourth-order valence-corrected chi connectivity index (χ4v) is 7.47. The summed E-state index contributed by atoms with van der Waals surface area (Å²) in [7, 11) is 0. The first kappa shape index (κ1) is 37.7. The van der Waals surface area contributed by atoms with Crippen molar-refractivity contribution in [1.29, 1.82) is 0 Å². The Balaban J connectivity index is 1.93. The molecule has 11 heteroatoms. The summed E-state index contributed by atoms with van der Waals surface area (Å²) in [5, 5.41) is 24.0. The summed E-state index contributed by atoms with van der Waals surface area (Å²) in [4.78, 5) is 40.6. The number of hydrogen-bond acceptors (Lipinski definition) is 10. The number of esters is 3. The molecule has 0 radical (unpaired) electrons. The minimum Gasteiger partial charge on any atom is -0.459 e. The van der Waals surface area contributed by atoms with Crippen LogP contribution in [-0.4, -0.2) is 82.3 Å². The molecule has 1 unspecified atom stereocenters. The van der Waals surface area contributed by atoms with E-state index in [1.165, 1.54) is 28.3 Å². The molecule has 45 heavy (non-hydrogen) atoms. The van der Waals surface area contributed by atoms with Crippen molar-refractivity contribution in [2.75, 3.05) is 0 Å². The van der Waals surface area contributed by atoms with Crippen LogP contribution in [0.25, 0.3) is 0 Å². The lowest BCUT2D eigenvalue weighted by atomic mass is 9.80. The molecule has 0 amide bonds. The number of piperidine rings is 2. The molecule has 2 saturated heterocycles. The van der Waals surface area contributed by atoms with Gasteiger partial charge in [0.15, 0.2) is 0 Å². The summed E-state index contributed by atoms with van der Waals surface area (Å²) in [5.74, 6) is -2.01. The second kappa shape index (κ2) is 13.4. The van der Waals surface area contributed by atoms with Crippen LogP contribution >= 0.6 is 22.6 Å². The highest BCUT2D eigenvalue weighted by Gasteiger charge is 2.47. The van der Waals surface area contributed by atoms with Gasteiger partial charge >= 0.3 is 17.9 Å². The first-order valence-corrected chi connectivity index (χ1v) is 16.9. The lowest BCUT2D eigenvalue weighted by molar-refractivity contribution is -0.256. The quantitative estimate of drug-likeness (QED) is 0.115. The van der Waals surface area contributed by atoms with E-state index in [2.05, 4.69) is 36.4 Å². The van der Waals surface area contributed by atoms with Crippen molar-refractivity contribution in [3.05, 3.63) is 34.9 Å². The summed E-state index contributed by atoms with van der Waals surface area (Å²) in [6.45, 7) is 21.1. The number of nitrogens with zero attached hydrogens (tertiary/aromatic N) is 2. The SMILES string of the molecule is CCC(CC(C)(C)I)OC(=O)c1cc(C(=O)OC2CC(C)(C)N(O)C(C)(C)C2)cc(C(=O)OC2CC(C)(C)N(O)C(C)(C)C2)c1. The van der Waals surface area contributed by atoms with E-state index in [1.54, 1.807) is 0 Å². The summed E-state index contributed by atoms with van der Waals surface area (Å²) < 4.78 is 17.6. The molecular weight excluding hydrogens is 691 g/mol. The molecule has 1 aromatic rings. The normalized spacial score (nSPS) is 22.8. The highest BCUT2D eigenvalue weighted by molar-refractivity contribution is 14.1. The van der Waals surface area contributed by atoms with E-state index in [9.17, 15) is 24.8 Å². The molecule has 1 aromatic carbocycles. The van der Waals surface area contributed by atoms with E-state index in [4.69, 9.17) is 14.2 Å². The first-order valence-electron chi connectivity index (χ1n) is 15.8. The van der Waals surface area contributed by atoms with Crippen LogP contribution in [0.4, 0.5) is 0 Å². The summed E-state index contributed by atoms with van der Waals surface area (Å²) >= 11 is 2.32. The van der Waals surface area contributed by atoms with Crippen molar-refractivity contribution >= 4 is 40.5 Å². The third kappa shape index (κ3) is 9.39. The number of carbonyl (C=O) groups excluding carboxylic acids is 3. The topological polar surface area (TPSA) is 126 Å². The second-order valence-corrected chi connectivity index (χ2v) is 18.8. The fraction of sp³-hybridized carbons (Fsp3) is 0.735. The van der Waals surface area contributed by atoms with E-state index < -0.39 is 52.3 Å². The molecule has 2 aliphatic heterocycles. The minimum absolute atomic E-state index is 0.0338. The third-order valence-corrected chi connectivity index (χ3v) is 9.27. The Labute approximate surface area is 282 Å². The van der Waals surface area contributed by atoms with Gasteiger partial charge in [-0.3, -0.25) is 0 Å². The van der Waals surface area contributed by atoms with Crippen LogP contribution in [0.2, 0.25) is 0 Å². The maximum Gasteiger partial charge on any atom is 0.338 e. The second-order valence-electron chi connectivity index (χ2n) is 15.9. The van der Waals surface area contributed by atoms with Crippen LogP contribution in [0, 0.1) is 0 Å². The van der Waals surface area contributed by atoms with Crippen LogP contribution in [0.1, 0.15) is 146 Å². The molecule has 0 aromatic heterocycles. The van der Waals surface area contributed by atoms with Crippen molar-refractivity contribution in [2.45, 2.75) is 159 Å². The van der Waals surface area contributed by atoms with Crippen molar-refractivity contribution in [3.63, 3.8) is 0 Å². The Hall–Kier alpha value is -1.80. The number of carbonyl (C=O) groups is 3. The molecule has 0 saturated carbocycles. The van der Waals surface area contributed by atoms with Crippen LogP contribution < -0.4 is 0 Å². The van der Waals surface area contributed by atoms with Crippen LogP contribution in [-0.2, 0) is 14.2 Å². The van der Waals surface area contributed by atoms with Gasteiger partial charge in [-0.25, -0.2) is 14.4 Å². The summed E-state index contributed by atoms with van der Waals surface area (Å²) in [6, 6.07) is 4.19. The molecule has 10 nitrogen and oxygen atoms in total. The summed E-state index contributed by atoms with van der Waals surface area (Å²) in [6.07, 6.45) is 1.49. The van der Waals surface area contributed by atoms with Crippen molar-refractivity contribution in [3.8, 4) is 0 Å². The zero-order valence-corrected chi connectivity index (χ0v) is 31.0. The van der Waals surface area contributed by atoms with Gasteiger partial charge in [-0.2, -0.15) is 10.1 Å². The van der Waals surface area contributed by atoms with Gasteiger partial charge in [-0.05, 0) is 86.4 Å². The van der Waals surface area contributed by atoms with Crippen molar-refractivity contribution in [1.82, 2.24) is 10.1 Å². The predicted molar refractivity (Wildman–Crippen MR) is 179 cm³/mol. The highest BCUT2D eigenvalue weighted by Crippen LogP contribution is 2.39. The van der Waals surface area contributed by atoms with Crippen molar-refractivity contribution < 1.29 is 39.0 Å². The van der Waals surface area contributed by atoms with Crippen LogP contribution in [0.3, 0.4) is 0 Å². The van der Waals surface area contributed by atoms with Gasteiger partial charge in [0.2, 0.25) is 0 Å². The molecule has 1 atom stereocenters. The molecular formula is C34H53IN2O8. The lowest BCUT2D eigenvalue weighted by Crippen LogP contribution is -2.60. The number of halogens is 1. The van der Waals surface area contributed by atoms with Gasteiger partial charge in [-0.1, -0.05) is 43.4 Å². The Morgan fingerprint density at radius 1 is 0.756 bits per heavy atom. The molecule has 0 spiro atoms. The maximum atomic E-state index is 13.6. The van der Waals surface area contributed by atoms with E-state index in [1.807, 2.05) is 62.3 Å². The van der Waals surface area contributed by atoms with Gasteiger partial charge < -0.3 is 24.6 Å². The number of hydrogen-bond donors (Lipinski definition) is 2. The smallest absolute Gasteiger partial charge is 0.338 e. The molecule has 2 fully saturated rings. The largest absolute Gasteiger partial charge is 0.459 e. The summed E-state index contributed by atoms with van der Waals surface area (Å²) in [5.41, 5.74) is -2.43. The van der Waals surface area contributed by atoms with Gasteiger partial charge in [0.05, 0.1) is 16.7 Å². The molecule has 3 rings (SSSR count). The number of rotatable bonds is 9. The highest BCUT2D eigenvalue weighted by atomic mass is 127. The average Bonchev–Trinajstić information content (AvgIpc) is 2.88. The molecule has 0 bridgehead atoms. The van der Waals surface area contributed by atoms with E-state index in [0.29, 0.717) is 38.5 Å². The number of hydroxylamine groups is 4. The third-order valence-electron chi connectivity index (χ3n) is 8.83. The Morgan fingerprint density at radius 3 is 1.36 bits per heavy atom. The van der Waals surface area contributed by atoms with Crippen molar-refractivity contribution in [2.24, 2.45) is 0 Å². The monoisotopic (exact) mass is 744 g/mol. The van der Waals surface area contributed by atoms with E-state index >= 15 is 0 Å². The molecule has 2 aliphatic rings. The zero-order chi connectivity index (χ0) is 34.3. The molecule has 0 aliphatic carbocycles. The van der Waals surface area contributed by atoms with Gasteiger partial charge in [0.1, 0.15) is 18.3 Å². The Bertz CT molecular complexity index is 1160. The Morgan fingerprint density at radius 2 is 1.07 bits per heavy atom. The van der Waals surface area contributed by atoms with Gasteiger partial charge in [0.25, 0.3) is 0 Å². The number of benzene rings is 1. The lowest BCUT2D eigenvalue weighted by Gasteiger charge is -2.50. The molecule has 2 heterocycles. The molecule has 2 N–H and O–H groups in total. The van der Waals surface area contributed by atoms with E-state index in [-0.39, 0.29) is 26.2 Å². The standard InChI is InChI=1S/C34H53IN2O8/c1-12-24(16-30(2,3)35)43-27(38)21-13-22(28(39)44-25-17-31(4,5)36(41)32(6,7)18-25)15-23(14-21)29(40)45-26-19-33(8,9)37(42)34(10,11)20-26/h13-15,24-26,41-42H,12,16-20H2,1-11H3. The molecule has 254 valence electrons. The van der Waals surface area contributed by atoms with Gasteiger partial charge in [0, 0.05) is 51.3 Å². The average molecular weight is 745 g/mol. The van der Waals surface area contributed by atoms with E-state index in [0.717, 1.165) is 0 Å². The predicted octanol–water partition coefficient (Wildman–Crippen LogP) is 7.36. The minimum atomic E-state index is -0.682. The first-order chi connectivity index (χ1) is 20.4. The zero-order valence-electron chi connectivity index (χ0n) is 28.8. The maximum absolute atomic E-state index is 13.6. The fourth-order valence-electron chi connectivity index (χ4n) is 6.97. The van der Waals surface area contributed by atoms with Gasteiger partial charge in [-0.15, -0.1) is 0 Å². The Kier molecular flexibility index (Phi) is 11.2. The number of ether oxygens (including phenoxy) is 3. The van der Waals surface area contributed by atoms with Crippen LogP contribution in [0.5, 0.6) is 0 Å². The van der Waals surface area contributed by atoms with Crippen LogP contribution in [0.15, 0.2) is 18.2 Å².